The first-order valence-corrected chi connectivity index (χ1v) is 7.25. The predicted octanol–water partition coefficient (Wildman–Crippen LogP) is 3.45. The van der Waals surface area contributed by atoms with Crippen molar-refractivity contribution in [3.05, 3.63) is 57.1 Å². The summed E-state index contributed by atoms with van der Waals surface area (Å²) >= 11 is 3.37. The van der Waals surface area contributed by atoms with Gasteiger partial charge in [-0.3, -0.25) is 9.59 Å². The third-order valence-corrected chi connectivity index (χ3v) is 4.30. The molecule has 0 bridgehead atoms. The molecule has 0 aromatic heterocycles. The van der Waals surface area contributed by atoms with Gasteiger partial charge in [-0.1, -0.05) is 12.1 Å². The number of carbonyl (C=O) groups is 2. The lowest BCUT2D eigenvalue weighted by Gasteiger charge is -2.16. The van der Waals surface area contributed by atoms with Gasteiger partial charge in [0.05, 0.1) is 16.8 Å². The summed E-state index contributed by atoms with van der Waals surface area (Å²) in [6.45, 7) is 3.68. The van der Waals surface area contributed by atoms with Crippen LogP contribution in [-0.4, -0.2) is 11.8 Å². The lowest BCUT2D eigenvalue weighted by Crippen LogP contribution is -2.30. The number of carbonyl (C=O) groups excluding carboxylic acids is 2. The molecule has 2 aromatic carbocycles. The summed E-state index contributed by atoms with van der Waals surface area (Å²) in [5.74, 6) is -0.580. The number of fused-ring (bicyclic) bond motifs is 1. The maximum atomic E-state index is 12.7. The van der Waals surface area contributed by atoms with Crippen LogP contribution in [0.2, 0.25) is 0 Å². The Labute approximate surface area is 130 Å². The van der Waals surface area contributed by atoms with Crippen LogP contribution in [0, 0.1) is 13.8 Å². The van der Waals surface area contributed by atoms with E-state index in [2.05, 4.69) is 15.9 Å². The highest BCUT2D eigenvalue weighted by atomic mass is 79.9. The molecule has 0 aliphatic carbocycles. The molecular weight excluding hydrogens is 332 g/mol. The van der Waals surface area contributed by atoms with E-state index in [0.717, 1.165) is 11.1 Å². The zero-order valence-corrected chi connectivity index (χ0v) is 13.2. The van der Waals surface area contributed by atoms with Gasteiger partial charge in [0, 0.05) is 10.2 Å². The van der Waals surface area contributed by atoms with Crippen LogP contribution in [0.25, 0.3) is 0 Å². The molecule has 4 nitrogen and oxygen atoms in total. The van der Waals surface area contributed by atoms with E-state index in [4.69, 9.17) is 5.73 Å². The summed E-state index contributed by atoms with van der Waals surface area (Å²) in [7, 11) is 0. The first kappa shape index (κ1) is 13.8. The molecule has 0 spiro atoms. The highest BCUT2D eigenvalue weighted by Crippen LogP contribution is 2.36. The number of hydrogen-bond acceptors (Lipinski definition) is 3. The molecule has 2 amide bonds. The van der Waals surface area contributed by atoms with Crippen LogP contribution in [0.3, 0.4) is 0 Å². The maximum absolute atomic E-state index is 12.7. The lowest BCUT2D eigenvalue weighted by atomic mass is 9.99. The number of aryl methyl sites for hydroxylation is 2. The molecule has 1 aliphatic heterocycles. The van der Waals surface area contributed by atoms with E-state index in [1.165, 1.54) is 4.90 Å². The number of nitrogen functional groups attached to an aromatic ring is 1. The molecule has 2 N–H and O–H groups in total. The second-order valence-corrected chi connectivity index (χ2v) is 5.96. The topological polar surface area (TPSA) is 63.4 Å². The Morgan fingerprint density at radius 2 is 1.48 bits per heavy atom. The number of rotatable bonds is 1. The van der Waals surface area contributed by atoms with E-state index in [0.29, 0.717) is 27.0 Å². The predicted molar refractivity (Wildman–Crippen MR) is 85.6 cm³/mol. The van der Waals surface area contributed by atoms with Gasteiger partial charge in [-0.05, 0) is 59.1 Å². The number of anilines is 2. The van der Waals surface area contributed by atoms with Crippen molar-refractivity contribution in [2.24, 2.45) is 0 Å². The molecule has 0 atom stereocenters. The first-order chi connectivity index (χ1) is 9.91. The van der Waals surface area contributed by atoms with Gasteiger partial charge in [0.1, 0.15) is 0 Å². The molecule has 0 fully saturated rings. The van der Waals surface area contributed by atoms with E-state index < -0.39 is 0 Å². The van der Waals surface area contributed by atoms with Crippen LogP contribution < -0.4 is 10.6 Å². The van der Waals surface area contributed by atoms with Crippen molar-refractivity contribution in [1.29, 1.82) is 0 Å². The number of nitrogens with two attached hydrogens (primary N) is 1. The Hall–Kier alpha value is -2.14. The molecular formula is C16H13BrN2O2. The number of benzene rings is 2. The second-order valence-electron chi connectivity index (χ2n) is 5.11. The maximum Gasteiger partial charge on any atom is 0.266 e. The second kappa shape index (κ2) is 4.70. The number of nitrogens with zero attached hydrogens (tertiary/aromatic N) is 1. The fourth-order valence-corrected chi connectivity index (χ4v) is 3.18. The molecule has 1 heterocycles. The third kappa shape index (κ3) is 1.96. The van der Waals surface area contributed by atoms with Crippen LogP contribution in [0.15, 0.2) is 34.8 Å². The van der Waals surface area contributed by atoms with Crippen molar-refractivity contribution in [2.45, 2.75) is 13.8 Å². The van der Waals surface area contributed by atoms with Crippen molar-refractivity contribution < 1.29 is 9.59 Å². The summed E-state index contributed by atoms with van der Waals surface area (Å²) in [5, 5.41) is 0. The Morgan fingerprint density at radius 1 is 0.952 bits per heavy atom. The minimum absolute atomic E-state index is 0.290. The van der Waals surface area contributed by atoms with E-state index in [1.54, 1.807) is 18.2 Å². The first-order valence-electron chi connectivity index (χ1n) is 6.46. The van der Waals surface area contributed by atoms with Gasteiger partial charge in [0.25, 0.3) is 11.8 Å². The van der Waals surface area contributed by atoms with Crippen LogP contribution in [0.1, 0.15) is 31.8 Å². The summed E-state index contributed by atoms with van der Waals surface area (Å²) in [5.41, 5.74) is 9.38. The Balaban J connectivity index is 2.21. The molecule has 1 aliphatic rings. The highest BCUT2D eigenvalue weighted by molar-refractivity contribution is 9.10. The van der Waals surface area contributed by atoms with Crippen LogP contribution >= 0.6 is 15.9 Å². The molecule has 0 radical (unpaired) electrons. The molecule has 0 saturated carbocycles. The summed E-state index contributed by atoms with van der Waals surface area (Å²) in [6.07, 6.45) is 0. The monoisotopic (exact) mass is 344 g/mol. The molecule has 0 saturated heterocycles. The number of halogens is 1. The molecule has 21 heavy (non-hydrogen) atoms. The lowest BCUT2D eigenvalue weighted by molar-refractivity contribution is 0.0925. The van der Waals surface area contributed by atoms with Gasteiger partial charge in [0.15, 0.2) is 0 Å². The van der Waals surface area contributed by atoms with Gasteiger partial charge in [0.2, 0.25) is 0 Å². The van der Waals surface area contributed by atoms with Gasteiger partial charge < -0.3 is 5.73 Å². The van der Waals surface area contributed by atoms with Crippen LogP contribution in [-0.2, 0) is 0 Å². The Kier molecular flexibility index (Phi) is 3.10. The minimum atomic E-state index is -0.290. The number of imide groups is 1. The average molecular weight is 345 g/mol. The smallest absolute Gasteiger partial charge is 0.266 e. The SMILES string of the molecule is Cc1ccc(C)c2c1C(=O)N(c1ccc(N)cc1Br)C2=O. The fraction of sp³-hybridized carbons (Fsp3) is 0.125. The summed E-state index contributed by atoms with van der Waals surface area (Å²) in [4.78, 5) is 26.5. The van der Waals surface area contributed by atoms with E-state index in [1.807, 2.05) is 26.0 Å². The van der Waals surface area contributed by atoms with Crippen molar-refractivity contribution in [2.75, 3.05) is 10.6 Å². The van der Waals surface area contributed by atoms with Gasteiger partial charge >= 0.3 is 0 Å². The van der Waals surface area contributed by atoms with Gasteiger partial charge in [-0.25, -0.2) is 4.90 Å². The van der Waals surface area contributed by atoms with Crippen molar-refractivity contribution in [3.63, 3.8) is 0 Å². The average Bonchev–Trinajstić information content (AvgIpc) is 2.68. The molecule has 0 unspecified atom stereocenters. The van der Waals surface area contributed by atoms with Crippen molar-refractivity contribution in [3.8, 4) is 0 Å². The van der Waals surface area contributed by atoms with Gasteiger partial charge in [-0.2, -0.15) is 0 Å². The normalized spacial score (nSPS) is 13.8. The third-order valence-electron chi connectivity index (χ3n) is 3.67. The Morgan fingerprint density at radius 3 is 1.95 bits per heavy atom. The molecule has 3 rings (SSSR count). The summed E-state index contributed by atoms with van der Waals surface area (Å²) in [6, 6.07) is 8.75. The van der Waals surface area contributed by atoms with Crippen LogP contribution in [0.4, 0.5) is 11.4 Å². The van der Waals surface area contributed by atoms with Crippen molar-refractivity contribution in [1.82, 2.24) is 0 Å². The fourth-order valence-electron chi connectivity index (χ4n) is 2.60. The molecule has 2 aromatic rings. The molecule has 106 valence electrons. The minimum Gasteiger partial charge on any atom is -0.399 e. The van der Waals surface area contributed by atoms with Gasteiger partial charge in [-0.15, -0.1) is 0 Å². The number of hydrogen-bond donors (Lipinski definition) is 1. The Bertz CT molecular complexity index is 758. The standard InChI is InChI=1S/C16H13BrN2O2/c1-8-3-4-9(2)14-13(8)15(20)19(16(14)21)12-6-5-10(18)7-11(12)17/h3-7H,18H2,1-2H3. The number of amides is 2. The van der Waals surface area contributed by atoms with Crippen molar-refractivity contribution >= 4 is 39.1 Å². The zero-order chi connectivity index (χ0) is 15.3. The quantitative estimate of drug-likeness (QED) is 0.636. The summed E-state index contributed by atoms with van der Waals surface area (Å²) < 4.78 is 0.618. The highest BCUT2D eigenvalue weighted by Gasteiger charge is 2.39. The largest absolute Gasteiger partial charge is 0.399 e. The van der Waals surface area contributed by atoms with E-state index >= 15 is 0 Å². The van der Waals surface area contributed by atoms with E-state index in [-0.39, 0.29) is 11.8 Å². The zero-order valence-electron chi connectivity index (χ0n) is 11.6. The molecule has 5 heteroatoms. The van der Waals surface area contributed by atoms with E-state index in [9.17, 15) is 9.59 Å². The van der Waals surface area contributed by atoms with Crippen LogP contribution in [0.5, 0.6) is 0 Å².